The van der Waals surface area contributed by atoms with E-state index < -0.39 is 18.5 Å². The number of anilines is 1. The average molecular weight is 423 g/mol. The standard InChI is InChI=1S/C25H30N2O4/c1-17-7-6-8-18(2)24(17)27-22(28)15-26-23(29)16-31-25(30)21-13-11-20(12-14-21)19-9-4-3-5-10-19/h6-8,11-14,19H,3-5,9-10,15-16H2,1-2H3,(H,26,29)(H,27,28). The van der Waals surface area contributed by atoms with Gasteiger partial charge in [-0.05, 0) is 61.4 Å². The molecular formula is C25H30N2O4. The minimum Gasteiger partial charge on any atom is -0.452 e. The molecule has 0 bridgehead atoms. The van der Waals surface area contributed by atoms with Crippen LogP contribution in [-0.4, -0.2) is 30.9 Å². The van der Waals surface area contributed by atoms with Gasteiger partial charge in [0.1, 0.15) is 0 Å². The largest absolute Gasteiger partial charge is 0.452 e. The second-order valence-electron chi connectivity index (χ2n) is 8.12. The maximum atomic E-state index is 12.2. The topological polar surface area (TPSA) is 84.5 Å². The van der Waals surface area contributed by atoms with Gasteiger partial charge in [-0.3, -0.25) is 9.59 Å². The Labute approximate surface area is 183 Å². The third-order valence-electron chi connectivity index (χ3n) is 5.75. The van der Waals surface area contributed by atoms with Crippen LogP contribution in [0.1, 0.15) is 65.1 Å². The van der Waals surface area contributed by atoms with Crippen LogP contribution in [0.4, 0.5) is 5.69 Å². The molecule has 0 aromatic heterocycles. The second kappa shape index (κ2) is 10.8. The minimum atomic E-state index is -0.551. The van der Waals surface area contributed by atoms with Gasteiger partial charge in [0.05, 0.1) is 12.1 Å². The summed E-state index contributed by atoms with van der Waals surface area (Å²) in [6, 6.07) is 13.2. The fourth-order valence-electron chi connectivity index (χ4n) is 3.97. The van der Waals surface area contributed by atoms with Gasteiger partial charge in [0.15, 0.2) is 6.61 Å². The number of ether oxygens (including phenoxy) is 1. The Kier molecular flexibility index (Phi) is 7.82. The van der Waals surface area contributed by atoms with Crippen molar-refractivity contribution < 1.29 is 19.1 Å². The molecule has 1 aliphatic rings. The molecular weight excluding hydrogens is 392 g/mol. The number of carbonyl (C=O) groups excluding carboxylic acids is 3. The first-order valence-electron chi connectivity index (χ1n) is 10.8. The molecule has 6 nitrogen and oxygen atoms in total. The fraction of sp³-hybridized carbons (Fsp3) is 0.400. The average Bonchev–Trinajstić information content (AvgIpc) is 2.79. The zero-order valence-electron chi connectivity index (χ0n) is 18.2. The third-order valence-corrected chi connectivity index (χ3v) is 5.75. The molecule has 31 heavy (non-hydrogen) atoms. The van der Waals surface area contributed by atoms with Gasteiger partial charge in [0.2, 0.25) is 5.91 Å². The lowest BCUT2D eigenvalue weighted by Gasteiger charge is -2.21. The van der Waals surface area contributed by atoms with E-state index in [4.69, 9.17) is 4.74 Å². The Morgan fingerprint density at radius 1 is 0.903 bits per heavy atom. The molecule has 2 N–H and O–H groups in total. The van der Waals surface area contributed by atoms with Gasteiger partial charge in [0, 0.05) is 5.69 Å². The number of carbonyl (C=O) groups is 3. The van der Waals surface area contributed by atoms with Crippen molar-refractivity contribution in [2.24, 2.45) is 0 Å². The number of rotatable bonds is 7. The van der Waals surface area contributed by atoms with Crippen LogP contribution in [0.25, 0.3) is 0 Å². The van der Waals surface area contributed by atoms with Crippen LogP contribution in [-0.2, 0) is 14.3 Å². The van der Waals surface area contributed by atoms with Crippen molar-refractivity contribution in [1.82, 2.24) is 5.32 Å². The lowest BCUT2D eigenvalue weighted by atomic mass is 9.84. The Balaban J connectivity index is 1.41. The van der Waals surface area contributed by atoms with Crippen LogP contribution in [0, 0.1) is 13.8 Å². The molecule has 164 valence electrons. The van der Waals surface area contributed by atoms with Gasteiger partial charge in [0.25, 0.3) is 5.91 Å². The first-order valence-corrected chi connectivity index (χ1v) is 10.8. The summed E-state index contributed by atoms with van der Waals surface area (Å²) < 4.78 is 5.08. The molecule has 2 aromatic carbocycles. The Morgan fingerprint density at radius 2 is 1.55 bits per heavy atom. The number of aryl methyl sites for hydroxylation is 2. The summed E-state index contributed by atoms with van der Waals surface area (Å²) in [6.45, 7) is 3.19. The number of benzene rings is 2. The van der Waals surface area contributed by atoms with Crippen LogP contribution in [0.5, 0.6) is 0 Å². The fourth-order valence-corrected chi connectivity index (χ4v) is 3.97. The summed E-state index contributed by atoms with van der Waals surface area (Å²) >= 11 is 0. The van der Waals surface area contributed by atoms with Gasteiger partial charge in [-0.1, -0.05) is 49.6 Å². The Bertz CT molecular complexity index is 911. The minimum absolute atomic E-state index is 0.194. The van der Waals surface area contributed by atoms with Gasteiger partial charge >= 0.3 is 5.97 Å². The molecule has 6 heteroatoms. The summed E-state index contributed by atoms with van der Waals surface area (Å²) in [7, 11) is 0. The summed E-state index contributed by atoms with van der Waals surface area (Å²) in [5, 5.41) is 5.27. The number of hydrogen-bond acceptors (Lipinski definition) is 4. The van der Waals surface area contributed by atoms with Crippen molar-refractivity contribution in [2.75, 3.05) is 18.5 Å². The Hall–Kier alpha value is -3.15. The molecule has 1 saturated carbocycles. The van der Waals surface area contributed by atoms with E-state index in [9.17, 15) is 14.4 Å². The van der Waals surface area contributed by atoms with E-state index in [1.807, 2.05) is 44.2 Å². The molecule has 0 atom stereocenters. The number of nitrogens with one attached hydrogen (secondary N) is 2. The molecule has 0 unspecified atom stereocenters. The van der Waals surface area contributed by atoms with Crippen LogP contribution < -0.4 is 10.6 Å². The highest BCUT2D eigenvalue weighted by molar-refractivity contribution is 5.96. The number of hydrogen-bond donors (Lipinski definition) is 2. The van der Waals surface area contributed by atoms with Crippen molar-refractivity contribution in [1.29, 1.82) is 0 Å². The summed E-state index contributed by atoms with van der Waals surface area (Å²) in [5.41, 5.74) is 4.31. The first-order chi connectivity index (χ1) is 14.9. The number of para-hydroxylation sites is 1. The highest BCUT2D eigenvalue weighted by Crippen LogP contribution is 2.32. The zero-order chi connectivity index (χ0) is 22.2. The van der Waals surface area contributed by atoms with Crippen molar-refractivity contribution >= 4 is 23.5 Å². The van der Waals surface area contributed by atoms with Gasteiger partial charge < -0.3 is 15.4 Å². The van der Waals surface area contributed by atoms with E-state index in [-0.39, 0.29) is 12.5 Å². The predicted molar refractivity (Wildman–Crippen MR) is 120 cm³/mol. The molecule has 3 rings (SSSR count). The van der Waals surface area contributed by atoms with Crippen LogP contribution in [0.15, 0.2) is 42.5 Å². The second-order valence-corrected chi connectivity index (χ2v) is 8.12. The molecule has 1 aliphatic carbocycles. The lowest BCUT2D eigenvalue weighted by Crippen LogP contribution is -2.35. The number of esters is 1. The van der Waals surface area contributed by atoms with Gasteiger partial charge in [-0.15, -0.1) is 0 Å². The smallest absolute Gasteiger partial charge is 0.338 e. The highest BCUT2D eigenvalue weighted by atomic mass is 16.5. The maximum Gasteiger partial charge on any atom is 0.338 e. The van der Waals surface area contributed by atoms with Crippen molar-refractivity contribution in [3.8, 4) is 0 Å². The van der Waals surface area contributed by atoms with Crippen molar-refractivity contribution in [3.05, 3.63) is 64.7 Å². The van der Waals surface area contributed by atoms with Crippen molar-refractivity contribution in [3.63, 3.8) is 0 Å². The SMILES string of the molecule is Cc1cccc(C)c1NC(=O)CNC(=O)COC(=O)c1ccc(C2CCCCC2)cc1. The van der Waals surface area contributed by atoms with Crippen molar-refractivity contribution in [2.45, 2.75) is 51.9 Å². The summed E-state index contributed by atoms with van der Waals surface area (Å²) in [5.74, 6) is -0.844. The van der Waals surface area contributed by atoms with E-state index >= 15 is 0 Å². The molecule has 2 aromatic rings. The van der Waals surface area contributed by atoms with E-state index in [0.29, 0.717) is 11.5 Å². The number of amides is 2. The molecule has 1 fully saturated rings. The van der Waals surface area contributed by atoms with E-state index in [1.54, 1.807) is 12.1 Å². The molecule has 0 spiro atoms. The maximum absolute atomic E-state index is 12.2. The molecule has 0 saturated heterocycles. The molecule has 0 radical (unpaired) electrons. The third kappa shape index (κ3) is 6.41. The van der Waals surface area contributed by atoms with Crippen LogP contribution in [0.3, 0.4) is 0 Å². The quantitative estimate of drug-likeness (QED) is 0.653. The van der Waals surface area contributed by atoms with Crippen LogP contribution >= 0.6 is 0 Å². The van der Waals surface area contributed by atoms with E-state index in [1.165, 1.54) is 37.7 Å². The molecule has 2 amide bonds. The van der Waals surface area contributed by atoms with E-state index in [2.05, 4.69) is 10.6 Å². The summed E-state index contributed by atoms with van der Waals surface area (Å²) in [6.07, 6.45) is 6.20. The zero-order valence-corrected chi connectivity index (χ0v) is 18.2. The van der Waals surface area contributed by atoms with Gasteiger partial charge in [-0.25, -0.2) is 4.79 Å². The summed E-state index contributed by atoms with van der Waals surface area (Å²) in [4.78, 5) is 36.3. The predicted octanol–water partition coefficient (Wildman–Crippen LogP) is 4.26. The van der Waals surface area contributed by atoms with E-state index in [0.717, 1.165) is 16.8 Å². The molecule has 0 aliphatic heterocycles. The van der Waals surface area contributed by atoms with Gasteiger partial charge in [-0.2, -0.15) is 0 Å². The monoisotopic (exact) mass is 422 g/mol. The highest BCUT2D eigenvalue weighted by Gasteiger charge is 2.17. The molecule has 0 heterocycles. The first kappa shape index (κ1) is 22.5. The van der Waals surface area contributed by atoms with Crippen LogP contribution in [0.2, 0.25) is 0 Å². The Morgan fingerprint density at radius 3 is 2.19 bits per heavy atom. The normalized spacial score (nSPS) is 14.0. The lowest BCUT2D eigenvalue weighted by molar-refractivity contribution is -0.126.